The number of pyridine rings is 1. The number of amides is 2. The van der Waals surface area contributed by atoms with Crippen molar-refractivity contribution in [2.45, 2.75) is 58.5 Å². The van der Waals surface area contributed by atoms with E-state index in [0.29, 0.717) is 19.0 Å². The predicted molar refractivity (Wildman–Crippen MR) is 96.6 cm³/mol. The van der Waals surface area contributed by atoms with Crippen molar-refractivity contribution in [3.8, 4) is 0 Å². The lowest BCUT2D eigenvalue weighted by Crippen LogP contribution is -2.53. The van der Waals surface area contributed by atoms with Crippen LogP contribution in [0.25, 0.3) is 0 Å². The van der Waals surface area contributed by atoms with Gasteiger partial charge in [-0.25, -0.2) is 0 Å². The average molecular weight is 343 g/mol. The van der Waals surface area contributed by atoms with Gasteiger partial charge in [0.2, 0.25) is 11.8 Å². The molecule has 2 heterocycles. The molecule has 1 saturated carbocycles. The van der Waals surface area contributed by atoms with Gasteiger partial charge in [0.15, 0.2) is 0 Å². The van der Waals surface area contributed by atoms with Crippen LogP contribution in [0, 0.1) is 11.8 Å². The van der Waals surface area contributed by atoms with E-state index in [4.69, 9.17) is 0 Å². The molecule has 1 aliphatic heterocycles. The van der Waals surface area contributed by atoms with Gasteiger partial charge in [-0.3, -0.25) is 14.6 Å². The maximum absolute atomic E-state index is 12.8. The minimum atomic E-state index is -0.0469. The van der Waals surface area contributed by atoms with E-state index in [0.717, 1.165) is 37.8 Å². The molecule has 0 spiro atoms. The fraction of sp³-hybridized carbons (Fsp3) is 0.650. The lowest BCUT2D eigenvalue weighted by Gasteiger charge is -2.42. The highest BCUT2D eigenvalue weighted by molar-refractivity contribution is 5.80. The van der Waals surface area contributed by atoms with Crippen LogP contribution in [0.1, 0.15) is 51.5 Å². The first-order valence-electron chi connectivity index (χ1n) is 9.54. The Kier molecular flexibility index (Phi) is 5.71. The van der Waals surface area contributed by atoms with E-state index in [-0.39, 0.29) is 23.8 Å². The Morgan fingerprint density at radius 2 is 2.08 bits per heavy atom. The van der Waals surface area contributed by atoms with E-state index >= 15 is 0 Å². The van der Waals surface area contributed by atoms with Gasteiger partial charge >= 0.3 is 0 Å². The number of rotatable bonds is 5. The van der Waals surface area contributed by atoms with Crippen LogP contribution in [0.2, 0.25) is 0 Å². The van der Waals surface area contributed by atoms with Crippen molar-refractivity contribution < 1.29 is 9.59 Å². The smallest absolute Gasteiger partial charge is 0.225 e. The molecule has 5 nitrogen and oxygen atoms in total. The SMILES string of the molecule is CC(C)C(=O)N(Cc1cccnc1)C1CCCN(C(=O)C2CCC2)C1. The third-order valence-electron chi connectivity index (χ3n) is 5.46. The van der Waals surface area contributed by atoms with Crippen molar-refractivity contribution in [1.82, 2.24) is 14.8 Å². The second-order valence-electron chi connectivity index (χ2n) is 7.69. The Morgan fingerprint density at radius 3 is 2.68 bits per heavy atom. The molecule has 2 fully saturated rings. The Hall–Kier alpha value is -1.91. The Balaban J connectivity index is 1.72. The van der Waals surface area contributed by atoms with E-state index in [1.54, 1.807) is 6.20 Å². The highest BCUT2D eigenvalue weighted by Gasteiger charge is 2.35. The molecule has 2 amide bonds. The maximum atomic E-state index is 12.8. The standard InChI is InChI=1S/C20H29N3O2/c1-15(2)19(24)23(13-16-6-4-10-21-12-16)18-9-5-11-22(14-18)20(25)17-7-3-8-17/h4,6,10,12,15,17-18H,3,5,7-9,11,13-14H2,1-2H3. The van der Waals surface area contributed by atoms with Gasteiger partial charge in [0.1, 0.15) is 0 Å². The summed E-state index contributed by atoms with van der Waals surface area (Å²) in [6.07, 6.45) is 8.74. The van der Waals surface area contributed by atoms with Crippen LogP contribution in [0.15, 0.2) is 24.5 Å². The maximum Gasteiger partial charge on any atom is 0.225 e. The van der Waals surface area contributed by atoms with Gasteiger partial charge in [0, 0.05) is 49.9 Å². The molecule has 1 atom stereocenters. The molecule has 1 aliphatic carbocycles. The van der Waals surface area contributed by atoms with E-state index in [2.05, 4.69) is 4.98 Å². The lowest BCUT2D eigenvalue weighted by atomic mass is 9.84. The van der Waals surface area contributed by atoms with E-state index in [1.807, 2.05) is 42.0 Å². The summed E-state index contributed by atoms with van der Waals surface area (Å²) in [6.45, 7) is 5.97. The first kappa shape index (κ1) is 17.9. The first-order chi connectivity index (χ1) is 12.1. The molecule has 0 bridgehead atoms. The summed E-state index contributed by atoms with van der Waals surface area (Å²) in [5.41, 5.74) is 1.04. The Morgan fingerprint density at radius 1 is 1.28 bits per heavy atom. The van der Waals surface area contributed by atoms with Gasteiger partial charge in [-0.05, 0) is 37.3 Å². The van der Waals surface area contributed by atoms with Crippen LogP contribution in [0.4, 0.5) is 0 Å². The topological polar surface area (TPSA) is 53.5 Å². The number of hydrogen-bond donors (Lipinski definition) is 0. The van der Waals surface area contributed by atoms with Gasteiger partial charge in [-0.1, -0.05) is 26.3 Å². The van der Waals surface area contributed by atoms with Crippen molar-refractivity contribution in [2.24, 2.45) is 11.8 Å². The molecule has 25 heavy (non-hydrogen) atoms. The molecule has 0 radical (unpaired) electrons. The van der Waals surface area contributed by atoms with Crippen molar-refractivity contribution >= 4 is 11.8 Å². The van der Waals surface area contributed by atoms with Gasteiger partial charge in [0.05, 0.1) is 0 Å². The number of carbonyl (C=O) groups is 2. The van der Waals surface area contributed by atoms with Crippen LogP contribution in [-0.2, 0) is 16.1 Å². The molecule has 5 heteroatoms. The second-order valence-corrected chi connectivity index (χ2v) is 7.69. The summed E-state index contributed by atoms with van der Waals surface area (Å²) in [5.74, 6) is 0.641. The van der Waals surface area contributed by atoms with E-state index in [9.17, 15) is 9.59 Å². The normalized spacial score (nSPS) is 21.1. The molecule has 1 unspecified atom stereocenters. The van der Waals surface area contributed by atoms with Crippen molar-refractivity contribution in [3.05, 3.63) is 30.1 Å². The zero-order valence-corrected chi connectivity index (χ0v) is 15.4. The number of hydrogen-bond acceptors (Lipinski definition) is 3. The minimum absolute atomic E-state index is 0.0469. The molecule has 136 valence electrons. The zero-order chi connectivity index (χ0) is 17.8. The fourth-order valence-electron chi connectivity index (χ4n) is 3.73. The van der Waals surface area contributed by atoms with Crippen LogP contribution < -0.4 is 0 Å². The molecule has 0 aromatic carbocycles. The average Bonchev–Trinajstić information content (AvgIpc) is 2.58. The summed E-state index contributed by atoms with van der Waals surface area (Å²) < 4.78 is 0. The van der Waals surface area contributed by atoms with Crippen LogP contribution in [0.5, 0.6) is 0 Å². The van der Waals surface area contributed by atoms with Crippen LogP contribution >= 0.6 is 0 Å². The van der Waals surface area contributed by atoms with Gasteiger partial charge in [-0.2, -0.15) is 0 Å². The second kappa shape index (κ2) is 7.98. The molecule has 1 saturated heterocycles. The molecular weight excluding hydrogens is 314 g/mol. The van der Waals surface area contributed by atoms with Gasteiger partial charge < -0.3 is 9.80 Å². The predicted octanol–water partition coefficient (Wildman–Crippen LogP) is 2.86. The molecule has 2 aliphatic rings. The van der Waals surface area contributed by atoms with Crippen molar-refractivity contribution in [3.63, 3.8) is 0 Å². The summed E-state index contributed by atoms with van der Waals surface area (Å²) in [4.78, 5) is 33.6. The third kappa shape index (κ3) is 4.20. The number of likely N-dealkylation sites (tertiary alicyclic amines) is 1. The largest absolute Gasteiger partial charge is 0.340 e. The number of nitrogens with zero attached hydrogens (tertiary/aromatic N) is 3. The number of aromatic nitrogens is 1. The third-order valence-corrected chi connectivity index (χ3v) is 5.46. The Labute approximate surface area is 150 Å². The lowest BCUT2D eigenvalue weighted by molar-refractivity contribution is -0.145. The van der Waals surface area contributed by atoms with E-state index < -0.39 is 0 Å². The van der Waals surface area contributed by atoms with Crippen molar-refractivity contribution in [2.75, 3.05) is 13.1 Å². The zero-order valence-electron chi connectivity index (χ0n) is 15.4. The number of carbonyl (C=O) groups excluding carboxylic acids is 2. The molecule has 0 N–H and O–H groups in total. The Bertz CT molecular complexity index is 598. The summed E-state index contributed by atoms with van der Waals surface area (Å²) in [7, 11) is 0. The van der Waals surface area contributed by atoms with E-state index in [1.165, 1.54) is 6.42 Å². The molecule has 1 aromatic rings. The summed E-state index contributed by atoms with van der Waals surface area (Å²) >= 11 is 0. The van der Waals surface area contributed by atoms with Crippen molar-refractivity contribution in [1.29, 1.82) is 0 Å². The molecule has 1 aromatic heterocycles. The molecule has 3 rings (SSSR count). The fourth-order valence-corrected chi connectivity index (χ4v) is 3.73. The highest BCUT2D eigenvalue weighted by Crippen LogP contribution is 2.30. The van der Waals surface area contributed by atoms with Gasteiger partial charge in [-0.15, -0.1) is 0 Å². The highest BCUT2D eigenvalue weighted by atomic mass is 16.2. The monoisotopic (exact) mass is 343 g/mol. The summed E-state index contributed by atoms with van der Waals surface area (Å²) in [6, 6.07) is 4.02. The quantitative estimate of drug-likeness (QED) is 0.826. The molecular formula is C20H29N3O2. The summed E-state index contributed by atoms with van der Waals surface area (Å²) in [5, 5.41) is 0. The first-order valence-corrected chi connectivity index (χ1v) is 9.54. The minimum Gasteiger partial charge on any atom is -0.340 e. The van der Waals surface area contributed by atoms with Gasteiger partial charge in [0.25, 0.3) is 0 Å². The van der Waals surface area contributed by atoms with Crippen LogP contribution in [0.3, 0.4) is 0 Å². The van der Waals surface area contributed by atoms with Crippen LogP contribution in [-0.4, -0.2) is 45.7 Å². The number of piperidine rings is 1.